The van der Waals surface area contributed by atoms with Crippen LogP contribution in [0.3, 0.4) is 0 Å². The molecule has 0 aromatic rings. The van der Waals surface area contributed by atoms with Crippen LogP contribution in [0.5, 0.6) is 0 Å². The second kappa shape index (κ2) is 6.65. The molecule has 1 rings (SSSR count). The third kappa shape index (κ3) is 3.94. The van der Waals surface area contributed by atoms with E-state index in [-0.39, 0.29) is 11.9 Å². The van der Waals surface area contributed by atoms with E-state index in [9.17, 15) is 4.79 Å². The summed E-state index contributed by atoms with van der Waals surface area (Å²) in [4.78, 5) is 13.8. The molecule has 92 valence electrons. The Labute approximate surface area is 102 Å². The van der Waals surface area contributed by atoms with Gasteiger partial charge >= 0.3 is 0 Å². The lowest BCUT2D eigenvalue weighted by Gasteiger charge is -2.29. The number of nitrogens with one attached hydrogen (secondary N) is 2. The van der Waals surface area contributed by atoms with Gasteiger partial charge < -0.3 is 20.3 Å². The quantitative estimate of drug-likeness (QED) is 0.670. The number of hydrogen-bond donors (Lipinski definition) is 2. The number of hydrogen-bond acceptors (Lipinski definition) is 3. The van der Waals surface area contributed by atoms with Crippen LogP contribution in [0.2, 0.25) is 0 Å². The molecule has 1 aliphatic heterocycles. The molecule has 0 bridgehead atoms. The van der Waals surface area contributed by atoms with Crippen LogP contribution >= 0.6 is 12.2 Å². The van der Waals surface area contributed by atoms with Gasteiger partial charge in [-0.05, 0) is 26.1 Å². The Morgan fingerprint density at radius 1 is 1.50 bits per heavy atom. The standard InChI is InChI=1S/C10H19N3O2S/c1-3-11-10(16)12-8(2)9(14)13-4-6-15-7-5-13/h8H,3-7H2,1-2H3,(H2,11,12,16). The molecule has 1 unspecified atom stereocenters. The van der Waals surface area contributed by atoms with E-state index >= 15 is 0 Å². The molecular formula is C10H19N3O2S. The first kappa shape index (κ1) is 13.2. The van der Waals surface area contributed by atoms with E-state index in [2.05, 4.69) is 10.6 Å². The first-order valence-corrected chi connectivity index (χ1v) is 5.97. The Bertz CT molecular complexity index is 254. The van der Waals surface area contributed by atoms with Gasteiger partial charge in [0.15, 0.2) is 5.11 Å². The van der Waals surface area contributed by atoms with E-state index in [1.165, 1.54) is 0 Å². The second-order valence-corrected chi connectivity index (χ2v) is 4.07. The molecule has 0 aliphatic carbocycles. The average Bonchev–Trinajstić information content (AvgIpc) is 2.29. The number of carbonyl (C=O) groups is 1. The van der Waals surface area contributed by atoms with Gasteiger partial charge in [-0.3, -0.25) is 4.79 Å². The van der Waals surface area contributed by atoms with Crippen LogP contribution in [0, 0.1) is 0 Å². The normalized spacial score (nSPS) is 17.8. The van der Waals surface area contributed by atoms with E-state index in [1.54, 1.807) is 4.90 Å². The van der Waals surface area contributed by atoms with Gasteiger partial charge in [0.25, 0.3) is 0 Å². The number of ether oxygens (including phenoxy) is 1. The summed E-state index contributed by atoms with van der Waals surface area (Å²) in [6, 6.07) is -0.287. The summed E-state index contributed by atoms with van der Waals surface area (Å²) >= 11 is 5.03. The Morgan fingerprint density at radius 3 is 2.69 bits per heavy atom. The molecule has 5 nitrogen and oxygen atoms in total. The Balaban J connectivity index is 2.37. The predicted molar refractivity (Wildman–Crippen MR) is 66.3 cm³/mol. The predicted octanol–water partition coefficient (Wildman–Crippen LogP) is -0.282. The summed E-state index contributed by atoms with van der Waals surface area (Å²) in [5, 5.41) is 6.45. The van der Waals surface area contributed by atoms with Crippen LogP contribution in [-0.2, 0) is 9.53 Å². The molecule has 0 radical (unpaired) electrons. The van der Waals surface area contributed by atoms with Gasteiger partial charge in [-0.15, -0.1) is 0 Å². The molecule has 6 heteroatoms. The van der Waals surface area contributed by atoms with Gasteiger partial charge in [-0.1, -0.05) is 0 Å². The summed E-state index contributed by atoms with van der Waals surface area (Å²) in [7, 11) is 0. The zero-order chi connectivity index (χ0) is 12.0. The number of morpholine rings is 1. The van der Waals surface area contributed by atoms with Gasteiger partial charge in [0.2, 0.25) is 5.91 Å². The maximum absolute atomic E-state index is 12.0. The first-order valence-electron chi connectivity index (χ1n) is 5.56. The van der Waals surface area contributed by atoms with Gasteiger partial charge in [-0.2, -0.15) is 0 Å². The Morgan fingerprint density at radius 2 is 2.12 bits per heavy atom. The topological polar surface area (TPSA) is 53.6 Å². The number of amides is 1. The monoisotopic (exact) mass is 245 g/mol. The largest absolute Gasteiger partial charge is 0.378 e. The molecule has 2 N–H and O–H groups in total. The molecule has 0 saturated carbocycles. The molecule has 0 aromatic carbocycles. The van der Waals surface area contributed by atoms with Crippen molar-refractivity contribution >= 4 is 23.2 Å². The van der Waals surface area contributed by atoms with Crippen molar-refractivity contribution in [2.24, 2.45) is 0 Å². The van der Waals surface area contributed by atoms with Crippen molar-refractivity contribution in [2.75, 3.05) is 32.8 Å². The smallest absolute Gasteiger partial charge is 0.244 e. The van der Waals surface area contributed by atoms with Crippen molar-refractivity contribution in [1.82, 2.24) is 15.5 Å². The third-order valence-corrected chi connectivity index (χ3v) is 2.64. The summed E-state index contributed by atoms with van der Waals surface area (Å²) in [6.45, 7) is 7.11. The number of carbonyl (C=O) groups excluding carboxylic acids is 1. The lowest BCUT2D eigenvalue weighted by Crippen LogP contribution is -2.52. The summed E-state index contributed by atoms with van der Waals surface area (Å²) < 4.78 is 5.20. The fourth-order valence-electron chi connectivity index (χ4n) is 1.53. The Kier molecular flexibility index (Phi) is 5.48. The van der Waals surface area contributed by atoms with Gasteiger partial charge in [0.05, 0.1) is 13.2 Å². The van der Waals surface area contributed by atoms with E-state index in [1.807, 2.05) is 13.8 Å². The van der Waals surface area contributed by atoms with E-state index in [0.29, 0.717) is 31.4 Å². The van der Waals surface area contributed by atoms with Gasteiger partial charge in [0.1, 0.15) is 6.04 Å². The molecule has 1 saturated heterocycles. The van der Waals surface area contributed by atoms with Crippen LogP contribution in [0.25, 0.3) is 0 Å². The fraction of sp³-hybridized carbons (Fsp3) is 0.800. The minimum atomic E-state index is -0.287. The molecule has 0 spiro atoms. The molecule has 16 heavy (non-hydrogen) atoms. The molecular weight excluding hydrogens is 226 g/mol. The second-order valence-electron chi connectivity index (χ2n) is 3.66. The van der Waals surface area contributed by atoms with Crippen molar-refractivity contribution in [2.45, 2.75) is 19.9 Å². The molecule has 1 atom stereocenters. The number of nitrogens with zero attached hydrogens (tertiary/aromatic N) is 1. The van der Waals surface area contributed by atoms with Crippen molar-refractivity contribution < 1.29 is 9.53 Å². The van der Waals surface area contributed by atoms with Crippen LogP contribution < -0.4 is 10.6 Å². The van der Waals surface area contributed by atoms with E-state index in [0.717, 1.165) is 6.54 Å². The highest BCUT2D eigenvalue weighted by Crippen LogP contribution is 2.00. The SMILES string of the molecule is CCNC(=S)NC(C)C(=O)N1CCOCC1. The lowest BCUT2D eigenvalue weighted by molar-refractivity contribution is -0.136. The zero-order valence-electron chi connectivity index (χ0n) is 9.78. The fourth-order valence-corrected chi connectivity index (χ4v) is 1.85. The van der Waals surface area contributed by atoms with Crippen molar-refractivity contribution in [3.8, 4) is 0 Å². The van der Waals surface area contributed by atoms with Gasteiger partial charge in [0, 0.05) is 19.6 Å². The van der Waals surface area contributed by atoms with Gasteiger partial charge in [-0.25, -0.2) is 0 Å². The number of thiocarbonyl (C=S) groups is 1. The number of rotatable bonds is 3. The highest BCUT2D eigenvalue weighted by molar-refractivity contribution is 7.80. The van der Waals surface area contributed by atoms with E-state index < -0.39 is 0 Å². The van der Waals surface area contributed by atoms with Crippen LogP contribution in [0.15, 0.2) is 0 Å². The molecule has 0 aromatic heterocycles. The molecule has 1 aliphatic rings. The minimum Gasteiger partial charge on any atom is -0.378 e. The van der Waals surface area contributed by atoms with Crippen LogP contribution in [0.4, 0.5) is 0 Å². The van der Waals surface area contributed by atoms with Crippen molar-refractivity contribution in [3.05, 3.63) is 0 Å². The third-order valence-electron chi connectivity index (χ3n) is 2.38. The van der Waals surface area contributed by atoms with Crippen LogP contribution in [0.1, 0.15) is 13.8 Å². The highest BCUT2D eigenvalue weighted by Gasteiger charge is 2.22. The molecule has 1 amide bonds. The van der Waals surface area contributed by atoms with Crippen molar-refractivity contribution in [3.63, 3.8) is 0 Å². The summed E-state index contributed by atoms with van der Waals surface area (Å²) in [6.07, 6.45) is 0. The first-order chi connectivity index (χ1) is 7.65. The van der Waals surface area contributed by atoms with Crippen LogP contribution in [-0.4, -0.2) is 54.8 Å². The maximum atomic E-state index is 12.0. The minimum absolute atomic E-state index is 0.0727. The highest BCUT2D eigenvalue weighted by atomic mass is 32.1. The van der Waals surface area contributed by atoms with E-state index in [4.69, 9.17) is 17.0 Å². The molecule has 1 fully saturated rings. The average molecular weight is 245 g/mol. The summed E-state index contributed by atoms with van der Waals surface area (Å²) in [5.74, 6) is 0.0727. The zero-order valence-corrected chi connectivity index (χ0v) is 10.6. The lowest BCUT2D eigenvalue weighted by atomic mass is 10.2. The molecule has 1 heterocycles. The summed E-state index contributed by atoms with van der Waals surface area (Å²) in [5.41, 5.74) is 0. The maximum Gasteiger partial charge on any atom is 0.244 e. The Hall–Kier alpha value is -0.880. The van der Waals surface area contributed by atoms with Crippen molar-refractivity contribution in [1.29, 1.82) is 0 Å².